The summed E-state index contributed by atoms with van der Waals surface area (Å²) in [5.74, 6) is -1.46. The van der Waals surface area contributed by atoms with Gasteiger partial charge in [-0.15, -0.1) is 0 Å². The van der Waals surface area contributed by atoms with Gasteiger partial charge in [-0.25, -0.2) is 17.6 Å². The molecule has 0 N–H and O–H groups in total. The number of halogens is 7. The van der Waals surface area contributed by atoms with Crippen molar-refractivity contribution in [3.63, 3.8) is 0 Å². The molecule has 0 aliphatic rings. The van der Waals surface area contributed by atoms with Crippen molar-refractivity contribution in [2.45, 2.75) is 25.9 Å². The molecule has 0 unspecified atom stereocenters. The van der Waals surface area contributed by atoms with Crippen molar-refractivity contribution in [1.29, 1.82) is 0 Å². The molecule has 0 spiro atoms. The van der Waals surface area contributed by atoms with Gasteiger partial charge in [-0.3, -0.25) is 0 Å². The lowest BCUT2D eigenvalue weighted by molar-refractivity contribution is -0.0696. The molecule has 3 rings (SSSR count). The summed E-state index contributed by atoms with van der Waals surface area (Å²) in [6.45, 7) is 1.98. The molecule has 7 heteroatoms. The summed E-state index contributed by atoms with van der Waals surface area (Å²) in [7, 11) is 0. The van der Waals surface area contributed by atoms with E-state index >= 15 is 0 Å². The Balaban J connectivity index is 1.84. The topological polar surface area (TPSA) is 0 Å². The van der Waals surface area contributed by atoms with E-state index < -0.39 is 35.0 Å². The summed E-state index contributed by atoms with van der Waals surface area (Å²) in [5, 5.41) is 0. The Kier molecular flexibility index (Phi) is 7.27. The second-order valence-electron chi connectivity index (χ2n) is 7.24. The lowest BCUT2D eigenvalue weighted by atomic mass is 9.99. The van der Waals surface area contributed by atoms with Crippen LogP contribution in [-0.4, -0.2) is 6.18 Å². The third-order valence-corrected chi connectivity index (χ3v) is 4.73. The van der Waals surface area contributed by atoms with Gasteiger partial charge < -0.3 is 0 Å². The molecular formula is C26H17F7. The van der Waals surface area contributed by atoms with Gasteiger partial charge in [0, 0.05) is 17.0 Å². The SMILES string of the molecule is CCCc1ccc(-c2ccc(/C=C/c3cc(F)c(C#CC(F)(F)F)c(F)c3)c(F)c2)c(F)c1. The van der Waals surface area contributed by atoms with Crippen LogP contribution in [0, 0.1) is 35.1 Å². The lowest BCUT2D eigenvalue weighted by Crippen LogP contribution is -2.02. The minimum atomic E-state index is -4.89. The summed E-state index contributed by atoms with van der Waals surface area (Å²) >= 11 is 0. The van der Waals surface area contributed by atoms with Gasteiger partial charge in [0.1, 0.15) is 23.3 Å². The Morgan fingerprint density at radius 1 is 0.788 bits per heavy atom. The Morgan fingerprint density at radius 3 is 2.06 bits per heavy atom. The monoisotopic (exact) mass is 462 g/mol. The van der Waals surface area contributed by atoms with Gasteiger partial charge in [0.05, 0.1) is 5.56 Å². The molecule has 0 saturated carbocycles. The Labute approximate surface area is 186 Å². The molecule has 3 aromatic rings. The maximum Gasteiger partial charge on any atom is 0.458 e. The fraction of sp³-hybridized carbons (Fsp3) is 0.154. The molecule has 33 heavy (non-hydrogen) atoms. The second kappa shape index (κ2) is 9.95. The second-order valence-corrected chi connectivity index (χ2v) is 7.24. The first kappa shape index (κ1) is 24.1. The van der Waals surface area contributed by atoms with Crippen LogP contribution < -0.4 is 0 Å². The van der Waals surface area contributed by atoms with E-state index in [9.17, 15) is 30.7 Å². The molecule has 0 nitrogen and oxygen atoms in total. The normalized spacial score (nSPS) is 11.5. The van der Waals surface area contributed by atoms with Crippen LogP contribution in [0.3, 0.4) is 0 Å². The highest BCUT2D eigenvalue weighted by Gasteiger charge is 2.23. The zero-order valence-electron chi connectivity index (χ0n) is 17.3. The maximum atomic E-state index is 14.6. The quantitative estimate of drug-likeness (QED) is 0.205. The van der Waals surface area contributed by atoms with Crippen LogP contribution >= 0.6 is 0 Å². The predicted molar refractivity (Wildman–Crippen MR) is 114 cm³/mol. The highest BCUT2D eigenvalue weighted by molar-refractivity contribution is 5.73. The highest BCUT2D eigenvalue weighted by Crippen LogP contribution is 2.27. The zero-order chi connectivity index (χ0) is 24.2. The van der Waals surface area contributed by atoms with Crippen molar-refractivity contribution < 1.29 is 30.7 Å². The van der Waals surface area contributed by atoms with Gasteiger partial charge in [-0.05, 0) is 47.4 Å². The van der Waals surface area contributed by atoms with Gasteiger partial charge in [0.2, 0.25) is 0 Å². The molecule has 0 aromatic heterocycles. The molecule has 0 aliphatic carbocycles. The first-order valence-electron chi connectivity index (χ1n) is 9.92. The summed E-state index contributed by atoms with van der Waals surface area (Å²) in [4.78, 5) is 0. The number of aryl methyl sites for hydroxylation is 1. The summed E-state index contributed by atoms with van der Waals surface area (Å²) < 4.78 is 93.4. The number of alkyl halides is 3. The zero-order valence-corrected chi connectivity index (χ0v) is 17.3. The van der Waals surface area contributed by atoms with E-state index in [-0.39, 0.29) is 16.7 Å². The number of hydrogen-bond acceptors (Lipinski definition) is 0. The molecule has 0 bridgehead atoms. The number of hydrogen-bond donors (Lipinski definition) is 0. The third-order valence-electron chi connectivity index (χ3n) is 4.73. The van der Waals surface area contributed by atoms with Crippen LogP contribution in [0.2, 0.25) is 0 Å². The van der Waals surface area contributed by atoms with E-state index in [2.05, 4.69) is 0 Å². The van der Waals surface area contributed by atoms with Gasteiger partial charge in [0.15, 0.2) is 0 Å². The molecule has 3 aromatic carbocycles. The Morgan fingerprint density at radius 2 is 1.48 bits per heavy atom. The Bertz CT molecular complexity index is 1230. The van der Waals surface area contributed by atoms with Gasteiger partial charge >= 0.3 is 6.18 Å². The molecule has 0 radical (unpaired) electrons. The van der Waals surface area contributed by atoms with E-state index in [0.717, 1.165) is 42.5 Å². The minimum absolute atomic E-state index is 0.0383. The first-order valence-corrected chi connectivity index (χ1v) is 9.92. The Hall–Kier alpha value is -3.53. The largest absolute Gasteiger partial charge is 0.458 e. The van der Waals surface area contributed by atoms with Crippen molar-refractivity contribution in [3.8, 4) is 23.0 Å². The molecular weight excluding hydrogens is 445 g/mol. The van der Waals surface area contributed by atoms with Crippen molar-refractivity contribution >= 4 is 12.2 Å². The number of benzene rings is 3. The van der Waals surface area contributed by atoms with Crippen LogP contribution in [0.5, 0.6) is 0 Å². The van der Waals surface area contributed by atoms with Gasteiger partial charge in [-0.1, -0.05) is 55.7 Å². The average Bonchev–Trinajstić information content (AvgIpc) is 2.72. The van der Waals surface area contributed by atoms with E-state index in [0.29, 0.717) is 5.56 Å². The van der Waals surface area contributed by atoms with Gasteiger partial charge in [-0.2, -0.15) is 13.2 Å². The number of rotatable bonds is 5. The summed E-state index contributed by atoms with van der Waals surface area (Å²) in [6, 6.07) is 10.4. The highest BCUT2D eigenvalue weighted by atomic mass is 19.4. The van der Waals surface area contributed by atoms with E-state index in [1.54, 1.807) is 12.1 Å². The van der Waals surface area contributed by atoms with Crippen LogP contribution in [0.4, 0.5) is 30.7 Å². The van der Waals surface area contributed by atoms with Crippen molar-refractivity contribution in [1.82, 2.24) is 0 Å². The standard InChI is InChI=1S/C26H17F7/c1-2-3-16-5-9-20(23(28)12-16)19-8-7-18(22(27)15-19)6-4-17-13-24(29)21(25(30)14-17)10-11-26(31,32)33/h4-9,12-15H,2-3H2,1H3/b6-4+. The first-order chi connectivity index (χ1) is 15.6. The van der Waals surface area contributed by atoms with Gasteiger partial charge in [0.25, 0.3) is 0 Å². The molecule has 0 atom stereocenters. The lowest BCUT2D eigenvalue weighted by Gasteiger charge is -2.08. The average molecular weight is 462 g/mol. The fourth-order valence-corrected chi connectivity index (χ4v) is 3.19. The molecule has 0 aliphatic heterocycles. The van der Waals surface area contributed by atoms with E-state index in [4.69, 9.17) is 0 Å². The maximum absolute atomic E-state index is 14.6. The third kappa shape index (κ3) is 6.26. The molecule has 0 saturated heterocycles. The molecule has 0 fully saturated rings. The summed E-state index contributed by atoms with van der Waals surface area (Å²) in [5.41, 5.74) is 0.437. The predicted octanol–water partition coefficient (Wildman–Crippen LogP) is 7.95. The van der Waals surface area contributed by atoms with Crippen molar-refractivity contribution in [2.75, 3.05) is 0 Å². The van der Waals surface area contributed by atoms with Crippen molar-refractivity contribution in [3.05, 3.63) is 94.1 Å². The molecule has 0 amide bonds. The fourth-order valence-electron chi connectivity index (χ4n) is 3.19. The van der Waals surface area contributed by atoms with Crippen molar-refractivity contribution in [2.24, 2.45) is 0 Å². The smallest absolute Gasteiger partial charge is 0.206 e. The van der Waals surface area contributed by atoms with Crippen LogP contribution in [0.15, 0.2) is 48.5 Å². The molecule has 0 heterocycles. The van der Waals surface area contributed by atoms with Crippen LogP contribution in [0.25, 0.3) is 23.3 Å². The minimum Gasteiger partial charge on any atom is -0.206 e. The van der Waals surface area contributed by atoms with Crippen LogP contribution in [0.1, 0.15) is 35.6 Å². The van der Waals surface area contributed by atoms with E-state index in [1.165, 1.54) is 36.3 Å². The van der Waals surface area contributed by atoms with E-state index in [1.807, 2.05) is 6.92 Å². The van der Waals surface area contributed by atoms with Crippen LogP contribution in [-0.2, 0) is 6.42 Å². The summed E-state index contributed by atoms with van der Waals surface area (Å²) in [6.07, 6.45) is -0.847. The molecule has 170 valence electrons.